The van der Waals surface area contributed by atoms with Gasteiger partial charge in [-0.1, -0.05) is 156 Å². The molecule has 0 bridgehead atoms. The number of aliphatic hydroxyl groups excluding tert-OH is 1. The van der Waals surface area contributed by atoms with Crippen LogP contribution in [0.3, 0.4) is 0 Å². The van der Waals surface area contributed by atoms with Crippen LogP contribution in [0.25, 0.3) is 0 Å². The molecule has 5 nitrogen and oxygen atoms in total. The summed E-state index contributed by atoms with van der Waals surface area (Å²) in [4.78, 5) is 23.6. The van der Waals surface area contributed by atoms with E-state index >= 15 is 0 Å². The highest BCUT2D eigenvalue weighted by Gasteiger charge is 2.18. The summed E-state index contributed by atoms with van der Waals surface area (Å²) in [6.45, 7) is 14.8. The van der Waals surface area contributed by atoms with E-state index in [1.165, 1.54) is 116 Å². The SMILES string of the molecule is CC.CCCCCCCCCC(O)CNCCCCCCCC.CCCCCCCCNC(=O)C1=C(C(C)=O)CCC=C1. The molecule has 1 aliphatic rings. The number of allylic oxidation sites excluding steroid dienone is 2. The zero-order valence-corrected chi connectivity index (χ0v) is 29.7. The van der Waals surface area contributed by atoms with Crippen LogP contribution >= 0.6 is 0 Å². The summed E-state index contributed by atoms with van der Waals surface area (Å²) in [7, 11) is 0. The lowest BCUT2D eigenvalue weighted by atomic mass is 9.94. The van der Waals surface area contributed by atoms with Crippen LogP contribution in [0.5, 0.6) is 0 Å². The fourth-order valence-electron chi connectivity index (χ4n) is 5.18. The number of nitrogens with one attached hydrogen (secondary N) is 2. The van der Waals surface area contributed by atoms with E-state index in [0.29, 0.717) is 24.1 Å². The van der Waals surface area contributed by atoms with Crippen LogP contribution in [0.2, 0.25) is 0 Å². The van der Waals surface area contributed by atoms with Crippen LogP contribution in [0.15, 0.2) is 23.3 Å². The molecule has 5 heteroatoms. The molecule has 1 rings (SSSR count). The third-order valence-electron chi connectivity index (χ3n) is 7.88. The standard InChI is InChI=1S/C19H41NO.C17H27NO2.C2H6/c1-3-5-7-9-11-12-14-16-19(21)18-20-17-15-13-10-8-6-4-2;1-3-4-5-6-7-10-13-18-17(20)16-12-9-8-11-15(16)14(2)19;1-2/h19-21H,3-18H2,1-2H3;9,12H,3-8,10-11,13H2,1-2H3,(H,18,20);1-2H3. The van der Waals surface area contributed by atoms with Crippen molar-refractivity contribution in [2.24, 2.45) is 0 Å². The summed E-state index contributed by atoms with van der Waals surface area (Å²) < 4.78 is 0. The largest absolute Gasteiger partial charge is 0.392 e. The van der Waals surface area contributed by atoms with E-state index in [9.17, 15) is 14.7 Å². The number of carbonyl (C=O) groups excluding carboxylic acids is 2. The van der Waals surface area contributed by atoms with Gasteiger partial charge in [-0.25, -0.2) is 0 Å². The molecule has 1 unspecified atom stereocenters. The van der Waals surface area contributed by atoms with E-state index < -0.39 is 0 Å². The van der Waals surface area contributed by atoms with Crippen LogP contribution in [-0.2, 0) is 9.59 Å². The van der Waals surface area contributed by atoms with Gasteiger partial charge in [0.25, 0.3) is 5.91 Å². The molecule has 1 amide bonds. The lowest BCUT2D eigenvalue weighted by Crippen LogP contribution is -2.27. The van der Waals surface area contributed by atoms with Gasteiger partial charge in [-0.2, -0.15) is 0 Å². The van der Waals surface area contributed by atoms with Crippen molar-refractivity contribution in [3.63, 3.8) is 0 Å². The van der Waals surface area contributed by atoms with Gasteiger partial charge in [0.15, 0.2) is 5.78 Å². The molecule has 0 saturated carbocycles. The Bertz CT molecular complexity index is 687. The first-order chi connectivity index (χ1) is 21.0. The fourth-order valence-corrected chi connectivity index (χ4v) is 5.18. The van der Waals surface area contributed by atoms with Gasteiger partial charge < -0.3 is 15.7 Å². The molecular formula is C38H74N2O3. The minimum Gasteiger partial charge on any atom is -0.392 e. The van der Waals surface area contributed by atoms with Gasteiger partial charge in [-0.3, -0.25) is 9.59 Å². The fraction of sp³-hybridized carbons (Fsp3) is 0.842. The van der Waals surface area contributed by atoms with E-state index in [4.69, 9.17) is 0 Å². The molecule has 0 spiro atoms. The molecule has 3 N–H and O–H groups in total. The Kier molecular flexibility index (Phi) is 35.6. The van der Waals surface area contributed by atoms with E-state index in [1.54, 1.807) is 6.08 Å². The molecular weight excluding hydrogens is 532 g/mol. The van der Waals surface area contributed by atoms with Crippen molar-refractivity contribution in [2.45, 2.75) is 189 Å². The molecule has 1 atom stereocenters. The maximum atomic E-state index is 12.1. The summed E-state index contributed by atoms with van der Waals surface area (Å²) in [6, 6.07) is 0. The first kappa shape index (κ1) is 43.7. The molecule has 254 valence electrons. The Hall–Kier alpha value is -1.46. The second kappa shape index (κ2) is 35.0. The number of unbranched alkanes of at least 4 members (excludes halogenated alkanes) is 16. The summed E-state index contributed by atoms with van der Waals surface area (Å²) in [5.74, 6) is -0.0845. The molecule has 0 aromatic rings. The normalized spacial score (nSPS) is 13.1. The molecule has 0 aromatic heterocycles. The number of carbonyl (C=O) groups is 2. The number of aliphatic hydroxyl groups is 1. The van der Waals surface area contributed by atoms with E-state index in [1.807, 2.05) is 19.9 Å². The highest BCUT2D eigenvalue weighted by molar-refractivity contribution is 6.06. The summed E-state index contributed by atoms with van der Waals surface area (Å²) >= 11 is 0. The second-order valence-corrected chi connectivity index (χ2v) is 11.9. The lowest BCUT2D eigenvalue weighted by molar-refractivity contribution is -0.118. The van der Waals surface area contributed by atoms with Crippen LogP contribution in [0.4, 0.5) is 0 Å². The summed E-state index contributed by atoms with van der Waals surface area (Å²) in [5.41, 5.74) is 1.24. The number of Topliss-reactive ketones (excluding diaryl/α,β-unsaturated/α-hetero) is 1. The monoisotopic (exact) mass is 607 g/mol. The average molecular weight is 607 g/mol. The lowest BCUT2D eigenvalue weighted by Gasteiger charge is -2.13. The minimum absolute atomic E-state index is 0.0130. The summed E-state index contributed by atoms with van der Waals surface area (Å²) in [6.07, 6.45) is 30.7. The highest BCUT2D eigenvalue weighted by atomic mass is 16.3. The predicted molar refractivity (Wildman–Crippen MR) is 189 cm³/mol. The second-order valence-electron chi connectivity index (χ2n) is 11.9. The predicted octanol–water partition coefficient (Wildman–Crippen LogP) is 10.2. The molecule has 43 heavy (non-hydrogen) atoms. The first-order valence-electron chi connectivity index (χ1n) is 18.5. The van der Waals surface area contributed by atoms with E-state index in [0.717, 1.165) is 38.8 Å². The third-order valence-corrected chi connectivity index (χ3v) is 7.88. The number of hydrogen-bond acceptors (Lipinski definition) is 4. The maximum absolute atomic E-state index is 12.1. The van der Waals surface area contributed by atoms with Crippen LogP contribution < -0.4 is 10.6 Å². The van der Waals surface area contributed by atoms with E-state index in [-0.39, 0.29) is 17.8 Å². The summed E-state index contributed by atoms with van der Waals surface area (Å²) in [5, 5.41) is 16.2. The third kappa shape index (κ3) is 29.0. The Morgan fingerprint density at radius 1 is 0.721 bits per heavy atom. The number of hydrogen-bond donors (Lipinski definition) is 3. The van der Waals surface area contributed by atoms with Gasteiger partial charge in [0.05, 0.1) is 6.10 Å². The van der Waals surface area contributed by atoms with Crippen molar-refractivity contribution in [3.8, 4) is 0 Å². The van der Waals surface area contributed by atoms with Crippen LogP contribution in [-0.4, -0.2) is 42.5 Å². The first-order valence-corrected chi connectivity index (χ1v) is 18.5. The smallest absolute Gasteiger partial charge is 0.251 e. The molecule has 0 radical (unpaired) electrons. The number of ketones is 1. The van der Waals surface area contributed by atoms with E-state index in [2.05, 4.69) is 31.4 Å². The van der Waals surface area contributed by atoms with Gasteiger partial charge in [0.1, 0.15) is 0 Å². The van der Waals surface area contributed by atoms with Crippen molar-refractivity contribution in [1.29, 1.82) is 0 Å². The van der Waals surface area contributed by atoms with Crippen molar-refractivity contribution in [2.75, 3.05) is 19.6 Å². The zero-order valence-electron chi connectivity index (χ0n) is 29.7. The number of amides is 1. The van der Waals surface area contributed by atoms with Gasteiger partial charge in [-0.05, 0) is 45.6 Å². The zero-order chi connectivity index (χ0) is 32.4. The molecule has 0 aromatic carbocycles. The van der Waals surface area contributed by atoms with Gasteiger partial charge in [-0.15, -0.1) is 0 Å². The van der Waals surface area contributed by atoms with Crippen molar-refractivity contribution < 1.29 is 14.7 Å². The molecule has 0 fully saturated rings. The van der Waals surface area contributed by atoms with Gasteiger partial charge in [0, 0.05) is 24.2 Å². The topological polar surface area (TPSA) is 78.4 Å². The Morgan fingerprint density at radius 2 is 1.19 bits per heavy atom. The van der Waals surface area contributed by atoms with Crippen molar-refractivity contribution >= 4 is 11.7 Å². The van der Waals surface area contributed by atoms with Crippen molar-refractivity contribution in [3.05, 3.63) is 23.3 Å². The van der Waals surface area contributed by atoms with Gasteiger partial charge in [0.2, 0.25) is 0 Å². The van der Waals surface area contributed by atoms with Gasteiger partial charge >= 0.3 is 0 Å². The quantitative estimate of drug-likeness (QED) is 0.0856. The Morgan fingerprint density at radius 3 is 1.70 bits per heavy atom. The molecule has 0 heterocycles. The van der Waals surface area contributed by atoms with Crippen LogP contribution in [0, 0.1) is 0 Å². The Labute approximate surface area is 268 Å². The minimum atomic E-state index is -0.138. The molecule has 1 aliphatic carbocycles. The maximum Gasteiger partial charge on any atom is 0.251 e. The Balaban J connectivity index is 0. The molecule has 0 saturated heterocycles. The number of rotatable bonds is 26. The average Bonchev–Trinajstić information content (AvgIpc) is 3.02. The van der Waals surface area contributed by atoms with Crippen molar-refractivity contribution in [1.82, 2.24) is 10.6 Å². The highest BCUT2D eigenvalue weighted by Crippen LogP contribution is 2.20. The van der Waals surface area contributed by atoms with Crippen LogP contribution in [0.1, 0.15) is 183 Å². The molecule has 0 aliphatic heterocycles.